The maximum absolute atomic E-state index is 14.6. The fraction of sp³-hybridized carbons (Fsp3) is 0.818. The third kappa shape index (κ3) is 1.77. The summed E-state index contributed by atoms with van der Waals surface area (Å²) in [5.41, 5.74) is -11.8. The fourth-order valence-electron chi connectivity index (χ4n) is 3.56. The van der Waals surface area contributed by atoms with E-state index in [9.17, 15) is 52.7 Å². The van der Waals surface area contributed by atoms with Gasteiger partial charge in [-0.05, 0) is 6.42 Å². The van der Waals surface area contributed by atoms with Crippen LogP contribution in [0.25, 0.3) is 0 Å². The van der Waals surface area contributed by atoms with Crippen LogP contribution in [0.3, 0.4) is 0 Å². The lowest BCUT2D eigenvalue weighted by Gasteiger charge is -2.50. The quantitative estimate of drug-likeness (QED) is 0.442. The number of hydrogen-bond acceptors (Lipinski definition) is 0. The maximum Gasteiger partial charge on any atom is 0.456 e. The van der Waals surface area contributed by atoms with Crippen molar-refractivity contribution < 1.29 is 52.7 Å². The number of fused-ring (bicyclic) bond motifs is 2. The first-order valence-corrected chi connectivity index (χ1v) is 5.91. The Hall–Kier alpha value is -1.10. The predicted octanol–water partition coefficient (Wildman–Crippen LogP) is 5.21. The van der Waals surface area contributed by atoms with E-state index in [4.69, 9.17) is 0 Å². The van der Waals surface area contributed by atoms with Crippen molar-refractivity contribution in [3.8, 4) is 0 Å². The van der Waals surface area contributed by atoms with E-state index in [1.807, 2.05) is 0 Å². The van der Waals surface area contributed by atoms with E-state index in [2.05, 4.69) is 0 Å². The summed E-state index contributed by atoms with van der Waals surface area (Å²) in [7, 11) is 0. The van der Waals surface area contributed by atoms with Gasteiger partial charge in [0, 0.05) is 11.8 Å². The van der Waals surface area contributed by atoms with Gasteiger partial charge in [0.1, 0.15) is 0 Å². The SMILES string of the molecule is FC(F)(F)C(F)(F)C1(F)C2C=CC(C2)C1(C(F)(F)F)C(F)(F)F. The molecule has 12 heteroatoms. The molecule has 2 rings (SSSR count). The molecule has 2 aliphatic rings. The Bertz CT molecular complexity index is 507. The normalized spacial score (nSPS) is 34.3. The Morgan fingerprint density at radius 1 is 0.696 bits per heavy atom. The summed E-state index contributed by atoms with van der Waals surface area (Å²) in [4.78, 5) is 0. The van der Waals surface area contributed by atoms with Crippen molar-refractivity contribution in [3.05, 3.63) is 12.2 Å². The summed E-state index contributed by atoms with van der Waals surface area (Å²) >= 11 is 0. The van der Waals surface area contributed by atoms with Crippen LogP contribution in [0, 0.1) is 17.3 Å². The molecule has 0 amide bonds. The lowest BCUT2D eigenvalue weighted by Crippen LogP contribution is -2.73. The molecule has 0 radical (unpaired) electrons. The minimum Gasteiger partial charge on any atom is -0.235 e. The number of halogens is 12. The molecule has 2 bridgehead atoms. The van der Waals surface area contributed by atoms with E-state index in [0.29, 0.717) is 0 Å². The average molecular weight is 366 g/mol. The first kappa shape index (κ1) is 18.2. The van der Waals surface area contributed by atoms with E-state index >= 15 is 0 Å². The van der Waals surface area contributed by atoms with Gasteiger partial charge in [-0.3, -0.25) is 0 Å². The van der Waals surface area contributed by atoms with Gasteiger partial charge < -0.3 is 0 Å². The average Bonchev–Trinajstić information content (AvgIpc) is 2.82. The summed E-state index contributed by atoms with van der Waals surface area (Å²) in [6.45, 7) is 0. The van der Waals surface area contributed by atoms with Gasteiger partial charge in [-0.25, -0.2) is 4.39 Å². The van der Waals surface area contributed by atoms with Crippen molar-refractivity contribution in [2.24, 2.45) is 17.3 Å². The summed E-state index contributed by atoms with van der Waals surface area (Å²) in [5.74, 6) is -12.6. The summed E-state index contributed by atoms with van der Waals surface area (Å²) < 4.78 is 157. The molecule has 1 fully saturated rings. The minimum atomic E-state index is -6.93. The second-order valence-corrected chi connectivity index (χ2v) is 5.42. The Morgan fingerprint density at radius 2 is 1.09 bits per heavy atom. The molecule has 0 spiro atoms. The van der Waals surface area contributed by atoms with Crippen molar-refractivity contribution in [2.75, 3.05) is 0 Å². The second-order valence-electron chi connectivity index (χ2n) is 5.42. The van der Waals surface area contributed by atoms with E-state index in [1.54, 1.807) is 0 Å². The Kier molecular flexibility index (Phi) is 3.41. The molecule has 2 aliphatic carbocycles. The summed E-state index contributed by atoms with van der Waals surface area (Å²) in [5, 5.41) is 0. The number of alkyl halides is 12. The van der Waals surface area contributed by atoms with Gasteiger partial charge in [-0.2, -0.15) is 48.3 Å². The maximum atomic E-state index is 14.6. The summed E-state index contributed by atoms with van der Waals surface area (Å²) in [6, 6.07) is 0. The molecule has 3 atom stereocenters. The van der Waals surface area contributed by atoms with Gasteiger partial charge in [0.15, 0.2) is 0 Å². The minimum absolute atomic E-state index is 0.190. The third-order valence-electron chi connectivity index (χ3n) is 4.43. The van der Waals surface area contributed by atoms with Crippen molar-refractivity contribution in [1.29, 1.82) is 0 Å². The molecule has 0 aromatic carbocycles. The highest BCUT2D eigenvalue weighted by Crippen LogP contribution is 2.76. The van der Waals surface area contributed by atoms with Gasteiger partial charge in [-0.1, -0.05) is 12.2 Å². The molecule has 0 aromatic heterocycles. The highest BCUT2D eigenvalue weighted by atomic mass is 19.4. The van der Waals surface area contributed by atoms with Gasteiger partial charge in [0.25, 0.3) is 0 Å². The molecular formula is C11H6F12. The van der Waals surface area contributed by atoms with Crippen LogP contribution in [-0.2, 0) is 0 Å². The molecule has 0 nitrogen and oxygen atoms in total. The molecule has 0 aromatic rings. The number of hydrogen-bond donors (Lipinski definition) is 0. The lowest BCUT2D eigenvalue weighted by atomic mass is 9.62. The number of allylic oxidation sites excluding steroid dienone is 2. The topological polar surface area (TPSA) is 0 Å². The first-order chi connectivity index (χ1) is 9.96. The Balaban J connectivity index is 2.87. The summed E-state index contributed by atoms with van der Waals surface area (Å²) in [6.07, 6.45) is -21.4. The molecule has 134 valence electrons. The Morgan fingerprint density at radius 3 is 1.43 bits per heavy atom. The highest BCUT2D eigenvalue weighted by Gasteiger charge is 2.96. The van der Waals surface area contributed by atoms with E-state index in [1.165, 1.54) is 0 Å². The smallest absolute Gasteiger partial charge is 0.235 e. The molecule has 0 saturated heterocycles. The fourth-order valence-corrected chi connectivity index (χ4v) is 3.56. The second kappa shape index (κ2) is 4.29. The first-order valence-electron chi connectivity index (χ1n) is 5.91. The third-order valence-corrected chi connectivity index (χ3v) is 4.43. The lowest BCUT2D eigenvalue weighted by molar-refractivity contribution is -0.434. The van der Waals surface area contributed by atoms with Gasteiger partial charge in [0.2, 0.25) is 11.1 Å². The largest absolute Gasteiger partial charge is 0.456 e. The zero-order chi connectivity index (χ0) is 18.3. The van der Waals surface area contributed by atoms with Crippen LogP contribution in [0.5, 0.6) is 0 Å². The van der Waals surface area contributed by atoms with Gasteiger partial charge in [-0.15, -0.1) is 0 Å². The molecule has 23 heavy (non-hydrogen) atoms. The molecule has 0 aliphatic heterocycles. The van der Waals surface area contributed by atoms with E-state index < -0.39 is 53.8 Å². The van der Waals surface area contributed by atoms with Crippen LogP contribution >= 0.6 is 0 Å². The highest BCUT2D eigenvalue weighted by molar-refractivity contribution is 5.34. The van der Waals surface area contributed by atoms with Crippen molar-refractivity contribution in [2.45, 2.75) is 36.5 Å². The standard InChI is InChI=1S/C11H6F12/c12-7(8(13,14)11(21,22)23)5-2-1-4(3-5)6(7,9(15,16)17)10(18,19)20/h1-2,4-5H,3H2. The number of rotatable bonds is 1. The Labute approximate surface area is 120 Å². The van der Waals surface area contributed by atoms with Crippen molar-refractivity contribution >= 4 is 0 Å². The zero-order valence-electron chi connectivity index (χ0n) is 10.6. The van der Waals surface area contributed by atoms with Crippen LogP contribution < -0.4 is 0 Å². The van der Waals surface area contributed by atoms with Crippen LogP contribution in [0.15, 0.2) is 12.2 Å². The van der Waals surface area contributed by atoms with Crippen molar-refractivity contribution in [1.82, 2.24) is 0 Å². The monoisotopic (exact) mass is 366 g/mol. The van der Waals surface area contributed by atoms with E-state index in [-0.39, 0.29) is 12.2 Å². The zero-order valence-corrected chi connectivity index (χ0v) is 10.6. The van der Waals surface area contributed by atoms with Crippen molar-refractivity contribution in [3.63, 3.8) is 0 Å². The van der Waals surface area contributed by atoms with Crippen LogP contribution in [-0.4, -0.2) is 30.1 Å². The van der Waals surface area contributed by atoms with Crippen LogP contribution in [0.1, 0.15) is 6.42 Å². The molecular weight excluding hydrogens is 360 g/mol. The van der Waals surface area contributed by atoms with Crippen LogP contribution in [0.2, 0.25) is 0 Å². The van der Waals surface area contributed by atoms with Crippen LogP contribution in [0.4, 0.5) is 52.7 Å². The molecule has 3 unspecified atom stereocenters. The molecule has 1 saturated carbocycles. The van der Waals surface area contributed by atoms with Gasteiger partial charge in [0.05, 0.1) is 0 Å². The van der Waals surface area contributed by atoms with Gasteiger partial charge >= 0.3 is 24.5 Å². The molecule has 0 N–H and O–H groups in total. The molecule has 0 heterocycles. The predicted molar refractivity (Wildman–Crippen MR) is 50.1 cm³/mol. The van der Waals surface area contributed by atoms with E-state index in [0.717, 1.165) is 0 Å².